The van der Waals surface area contributed by atoms with E-state index in [1.807, 2.05) is 6.20 Å². The number of fused-ring (bicyclic) bond motifs is 13. The van der Waals surface area contributed by atoms with Crippen LogP contribution in [0.25, 0.3) is 73.0 Å². The minimum atomic E-state index is -0.367. The first-order valence-electron chi connectivity index (χ1n) is 32.1. The Morgan fingerprint density at radius 1 is 0.367 bits per heavy atom. The van der Waals surface area contributed by atoms with Crippen LogP contribution in [0.1, 0.15) is 178 Å². The summed E-state index contributed by atoms with van der Waals surface area (Å²) in [5.41, 5.74) is 24.6. The van der Waals surface area contributed by atoms with Gasteiger partial charge in [-0.05, 0) is 154 Å². The molecule has 0 bridgehead atoms. The molecule has 0 radical (unpaired) electrons. The maximum Gasteiger partial charge on any atom is 0.149 e. The average Bonchev–Trinajstić information content (AvgIpc) is 1.41. The van der Waals surface area contributed by atoms with Gasteiger partial charge in [0.05, 0.1) is 39.4 Å². The maximum absolute atomic E-state index is 12.8. The van der Waals surface area contributed by atoms with Gasteiger partial charge in [0.2, 0.25) is 0 Å². The van der Waals surface area contributed by atoms with Crippen LogP contribution >= 0.6 is 0 Å². The van der Waals surface area contributed by atoms with Crippen molar-refractivity contribution in [3.63, 3.8) is 0 Å². The standard InChI is InChI=1S/C84H82N4O.Pt/c1-76(2,3)53-38-40-71(57(45-53)50-27-18-17-19-28-50)88-72-36-26-29-56(73(72)87-75(88)58-46-54(77(4,5)6)47-67(74(58)89)79(10,11)12)68-48-55(78(7,8)9)49-70(86-68)69-44-52(41-42-85-69)51-37-39-65-66(43-51)83(16)64-35-25-24-34-63(64)81(14)60-31-21-20-30-59(60)80(13)61-32-22-23-33-62(61)82(65,15)84(80,81)83;/h17-49,89H,1-16H3;. The fraction of sp³-hybridized carbons (Fsp3) is 0.298. The van der Waals surface area contributed by atoms with E-state index < -0.39 is 0 Å². The second-order valence-corrected chi connectivity index (χ2v) is 31.2. The monoisotopic (exact) mass is 1360 g/mol. The molecule has 454 valence electrons. The SMILES string of the molecule is CC(C)(C)c1cc(-c2cc(-c3ccc4c(c3)C3(C)c5ccccc5C5(C)c6ccccc6C6(C)c7ccccc7C4(C)C653)ccn2)nc(-c2cccc3c2nc(-c2cc(C(C)(C)C)cc(C(C)(C)C)c2O)n3-c2ccc(C(C)(C)C)cc2-c2ccccc2)c1.[Pt]. The van der Waals surface area contributed by atoms with Gasteiger partial charge in [-0.15, -0.1) is 0 Å². The molecule has 3 heterocycles. The van der Waals surface area contributed by atoms with Gasteiger partial charge in [0.15, 0.2) is 0 Å². The van der Waals surface area contributed by atoms with E-state index in [-0.39, 0.29) is 75.5 Å². The number of rotatable bonds is 6. The summed E-state index contributed by atoms with van der Waals surface area (Å²) in [6, 6.07) is 73.0. The van der Waals surface area contributed by atoms with Gasteiger partial charge < -0.3 is 5.11 Å². The predicted octanol–water partition coefficient (Wildman–Crippen LogP) is 20.6. The number of benzene rings is 8. The molecule has 5 nitrogen and oxygen atoms in total. The first kappa shape index (κ1) is 59.6. The van der Waals surface area contributed by atoms with Gasteiger partial charge in [0, 0.05) is 71.0 Å². The molecule has 1 N–H and O–H groups in total. The molecule has 8 aromatic carbocycles. The zero-order chi connectivity index (χ0) is 62.5. The summed E-state index contributed by atoms with van der Waals surface area (Å²) >= 11 is 0. The Morgan fingerprint density at radius 2 is 0.856 bits per heavy atom. The Labute approximate surface area is 547 Å². The van der Waals surface area contributed by atoms with Crippen molar-refractivity contribution in [3.05, 3.63) is 267 Å². The van der Waals surface area contributed by atoms with E-state index in [0.29, 0.717) is 11.4 Å². The van der Waals surface area contributed by atoms with E-state index in [2.05, 4.69) is 309 Å². The van der Waals surface area contributed by atoms with Crippen molar-refractivity contribution in [2.45, 2.75) is 154 Å². The zero-order valence-corrected chi connectivity index (χ0v) is 57.4. The summed E-state index contributed by atoms with van der Waals surface area (Å²) in [5, 5.41) is 12.8. The number of aromatic nitrogens is 4. The molecule has 0 saturated carbocycles. The largest absolute Gasteiger partial charge is 0.507 e. The molecule has 3 aromatic heterocycles. The number of phenols is 1. The van der Waals surface area contributed by atoms with Crippen LogP contribution in [-0.4, -0.2) is 24.6 Å². The molecule has 4 aliphatic carbocycles. The quantitative estimate of drug-likeness (QED) is 0.180. The summed E-state index contributed by atoms with van der Waals surface area (Å²) in [4.78, 5) is 16.7. The van der Waals surface area contributed by atoms with E-state index >= 15 is 0 Å². The molecule has 5 atom stereocenters. The fourth-order valence-electron chi connectivity index (χ4n) is 18.4. The molecule has 6 heteroatoms. The second kappa shape index (κ2) is 19.5. The Balaban J connectivity index is 0.00000707. The molecule has 0 saturated heterocycles. The first-order chi connectivity index (χ1) is 42.1. The Morgan fingerprint density at radius 3 is 1.40 bits per heavy atom. The molecule has 11 aromatic rings. The van der Waals surface area contributed by atoms with Crippen LogP contribution in [0.2, 0.25) is 0 Å². The van der Waals surface area contributed by atoms with Gasteiger partial charge in [-0.2, -0.15) is 0 Å². The third-order valence-electron chi connectivity index (χ3n) is 22.3. The van der Waals surface area contributed by atoms with Crippen molar-refractivity contribution in [2.75, 3.05) is 0 Å². The van der Waals surface area contributed by atoms with E-state index in [1.165, 1.54) is 55.6 Å². The van der Waals surface area contributed by atoms with Gasteiger partial charge >= 0.3 is 0 Å². The summed E-state index contributed by atoms with van der Waals surface area (Å²) < 4.78 is 2.29. The molecule has 0 fully saturated rings. The Bertz CT molecular complexity index is 4770. The first-order valence-corrected chi connectivity index (χ1v) is 32.1. The van der Waals surface area contributed by atoms with Crippen LogP contribution in [0.4, 0.5) is 0 Å². The molecule has 5 unspecified atom stereocenters. The van der Waals surface area contributed by atoms with E-state index in [4.69, 9.17) is 15.0 Å². The van der Waals surface area contributed by atoms with E-state index in [9.17, 15) is 5.11 Å². The summed E-state index contributed by atoms with van der Waals surface area (Å²) in [6.45, 7) is 37.3. The summed E-state index contributed by atoms with van der Waals surface area (Å²) in [7, 11) is 0. The number of aromatic hydroxyl groups is 1. The van der Waals surface area contributed by atoms with Gasteiger partial charge in [-0.3, -0.25) is 9.55 Å². The van der Waals surface area contributed by atoms with Crippen molar-refractivity contribution in [1.82, 2.24) is 19.5 Å². The molecular formula is C84H82N4OPt. The zero-order valence-electron chi connectivity index (χ0n) is 55.1. The topological polar surface area (TPSA) is 63.8 Å². The van der Waals surface area contributed by atoms with Crippen molar-refractivity contribution in [3.8, 4) is 67.7 Å². The normalized spacial score (nSPS) is 22.0. The van der Waals surface area contributed by atoms with Crippen LogP contribution < -0.4 is 0 Å². The van der Waals surface area contributed by atoms with Crippen LogP contribution in [-0.2, 0) is 64.4 Å². The van der Waals surface area contributed by atoms with Gasteiger partial charge in [0.1, 0.15) is 11.6 Å². The van der Waals surface area contributed by atoms with Crippen molar-refractivity contribution < 1.29 is 26.2 Å². The van der Waals surface area contributed by atoms with E-state index in [1.54, 1.807) is 0 Å². The van der Waals surface area contributed by atoms with Crippen molar-refractivity contribution >= 4 is 11.0 Å². The number of para-hydroxylation sites is 1. The third-order valence-corrected chi connectivity index (χ3v) is 22.3. The van der Waals surface area contributed by atoms with Gasteiger partial charge in [-0.25, -0.2) is 9.97 Å². The number of imidazole rings is 1. The smallest absolute Gasteiger partial charge is 0.149 e. The predicted molar refractivity (Wildman–Crippen MR) is 368 cm³/mol. The number of nitrogens with zero attached hydrogens (tertiary/aromatic N) is 4. The molecular weight excluding hydrogens is 1280 g/mol. The van der Waals surface area contributed by atoms with Crippen molar-refractivity contribution in [2.24, 2.45) is 5.41 Å². The summed E-state index contributed by atoms with van der Waals surface area (Å²) in [5.74, 6) is 0.909. The van der Waals surface area contributed by atoms with Crippen molar-refractivity contribution in [1.29, 1.82) is 0 Å². The van der Waals surface area contributed by atoms with Crippen LogP contribution in [0, 0.1) is 5.41 Å². The minimum Gasteiger partial charge on any atom is -0.507 e. The van der Waals surface area contributed by atoms with E-state index in [0.717, 1.165) is 72.7 Å². The molecule has 15 rings (SSSR count). The third kappa shape index (κ3) is 7.68. The number of phenolic OH excluding ortho intramolecular Hbond substituents is 1. The van der Waals surface area contributed by atoms with Crippen LogP contribution in [0.3, 0.4) is 0 Å². The number of pyridine rings is 2. The number of hydrogen-bond acceptors (Lipinski definition) is 4. The molecule has 1 spiro atoms. The number of hydrogen-bond donors (Lipinski definition) is 1. The summed E-state index contributed by atoms with van der Waals surface area (Å²) in [6.07, 6.45) is 1.97. The molecule has 0 amide bonds. The minimum absolute atomic E-state index is 0. The maximum atomic E-state index is 12.8. The van der Waals surface area contributed by atoms with Gasteiger partial charge in [-0.1, -0.05) is 250 Å². The van der Waals surface area contributed by atoms with Crippen LogP contribution in [0.15, 0.2) is 200 Å². The second-order valence-electron chi connectivity index (χ2n) is 31.2. The molecule has 0 aliphatic heterocycles. The fourth-order valence-corrected chi connectivity index (χ4v) is 18.4. The molecule has 90 heavy (non-hydrogen) atoms. The average molecular weight is 1360 g/mol. The van der Waals surface area contributed by atoms with Crippen LogP contribution in [0.5, 0.6) is 5.75 Å². The Hall–Kier alpha value is -7.98. The Kier molecular flexibility index (Phi) is 12.9. The molecule has 4 aliphatic rings. The van der Waals surface area contributed by atoms with Gasteiger partial charge in [0.25, 0.3) is 0 Å².